The monoisotopic (exact) mass is 278 g/mol. The molecule has 7 heteroatoms. The topological polar surface area (TPSA) is 94.5 Å². The maximum Gasteiger partial charge on any atom is 0.336 e. The van der Waals surface area contributed by atoms with Crippen molar-refractivity contribution >= 4 is 5.97 Å². The summed E-state index contributed by atoms with van der Waals surface area (Å²) in [6.45, 7) is 3.16. The fraction of sp³-hybridized carbons (Fsp3) is 0.750. The number of rotatable bonds is 12. The Hall–Kier alpha value is -1.15. The quantitative estimate of drug-likeness (QED) is 0.214. The maximum absolute atomic E-state index is 11.2. The van der Waals surface area contributed by atoms with Crippen LogP contribution in [0.2, 0.25) is 0 Å². The lowest BCUT2D eigenvalue weighted by Crippen LogP contribution is -2.11. The molecule has 0 rings (SSSR count). The maximum atomic E-state index is 11.2. The van der Waals surface area contributed by atoms with Gasteiger partial charge in [-0.3, -0.25) is 0 Å². The zero-order valence-corrected chi connectivity index (χ0v) is 11.2. The van der Waals surface area contributed by atoms with Crippen LogP contribution in [-0.4, -0.2) is 69.0 Å². The highest BCUT2D eigenvalue weighted by Gasteiger charge is 2.04. The van der Waals surface area contributed by atoms with Gasteiger partial charge in [-0.1, -0.05) is 0 Å². The molecule has 19 heavy (non-hydrogen) atoms. The largest absolute Gasteiger partial charge is 0.498 e. The molecular formula is C12H22O7. The minimum atomic E-state index is -0.521. The molecule has 0 aromatic rings. The molecule has 0 aliphatic heterocycles. The van der Waals surface area contributed by atoms with E-state index in [1.807, 2.05) is 0 Å². The number of ether oxygens (including phenoxy) is 4. The fourth-order valence-corrected chi connectivity index (χ4v) is 0.978. The standard InChI is InChI=1S/C12H22O7/c1-11(12(15)19-5-3-14)10-18-9-8-17-7-6-16-4-2-13/h10,13-14H,2-9H2,1H3. The summed E-state index contributed by atoms with van der Waals surface area (Å²) in [4.78, 5) is 11.2. The molecule has 7 nitrogen and oxygen atoms in total. The molecular weight excluding hydrogens is 256 g/mol. The molecule has 0 saturated heterocycles. The van der Waals surface area contributed by atoms with Gasteiger partial charge >= 0.3 is 5.97 Å². The Bertz CT molecular complexity index is 252. The van der Waals surface area contributed by atoms with E-state index in [9.17, 15) is 4.79 Å². The summed E-state index contributed by atoms with van der Waals surface area (Å²) < 4.78 is 19.9. The number of carbonyl (C=O) groups excluding carboxylic acids is 1. The van der Waals surface area contributed by atoms with Crippen LogP contribution in [0, 0.1) is 0 Å². The molecule has 0 unspecified atom stereocenters. The van der Waals surface area contributed by atoms with Crippen LogP contribution in [0.25, 0.3) is 0 Å². The molecule has 0 aliphatic rings. The van der Waals surface area contributed by atoms with Crippen LogP contribution in [0.4, 0.5) is 0 Å². The molecule has 0 fully saturated rings. The van der Waals surface area contributed by atoms with Gasteiger partial charge < -0.3 is 29.2 Å². The molecule has 0 aromatic heterocycles. The zero-order chi connectivity index (χ0) is 14.3. The molecule has 0 aliphatic carbocycles. The Labute approximate surface area is 112 Å². The smallest absolute Gasteiger partial charge is 0.336 e. The van der Waals surface area contributed by atoms with Gasteiger partial charge in [0, 0.05) is 0 Å². The van der Waals surface area contributed by atoms with Crippen LogP contribution < -0.4 is 0 Å². The minimum Gasteiger partial charge on any atom is -0.498 e. The third-order valence-electron chi connectivity index (χ3n) is 1.86. The summed E-state index contributed by atoms with van der Waals surface area (Å²) >= 11 is 0. The van der Waals surface area contributed by atoms with Gasteiger partial charge in [0.15, 0.2) is 0 Å². The first-order chi connectivity index (χ1) is 9.22. The zero-order valence-electron chi connectivity index (χ0n) is 11.2. The lowest BCUT2D eigenvalue weighted by molar-refractivity contribution is -0.140. The van der Waals surface area contributed by atoms with Crippen LogP contribution in [-0.2, 0) is 23.7 Å². The average Bonchev–Trinajstić information content (AvgIpc) is 2.42. The van der Waals surface area contributed by atoms with Crippen molar-refractivity contribution < 1.29 is 34.0 Å². The van der Waals surface area contributed by atoms with Crippen molar-refractivity contribution in [2.45, 2.75) is 6.92 Å². The number of hydrogen-bond donors (Lipinski definition) is 2. The summed E-state index contributed by atoms with van der Waals surface area (Å²) in [5.74, 6) is -0.521. The van der Waals surface area contributed by atoms with Crippen molar-refractivity contribution in [3.63, 3.8) is 0 Å². The first kappa shape index (κ1) is 17.8. The van der Waals surface area contributed by atoms with E-state index in [2.05, 4.69) is 4.74 Å². The van der Waals surface area contributed by atoms with Crippen LogP contribution >= 0.6 is 0 Å². The number of hydrogen-bond acceptors (Lipinski definition) is 7. The summed E-state index contributed by atoms with van der Waals surface area (Å²) in [5.41, 5.74) is 0.319. The Morgan fingerprint density at radius 2 is 1.53 bits per heavy atom. The van der Waals surface area contributed by atoms with E-state index < -0.39 is 5.97 Å². The second-order valence-corrected chi connectivity index (χ2v) is 3.48. The van der Waals surface area contributed by atoms with Gasteiger partial charge in [-0.15, -0.1) is 0 Å². The molecule has 0 aromatic carbocycles. The van der Waals surface area contributed by atoms with Gasteiger partial charge in [0.05, 0.1) is 51.5 Å². The van der Waals surface area contributed by atoms with Gasteiger partial charge in [0.2, 0.25) is 0 Å². The molecule has 0 atom stereocenters. The van der Waals surface area contributed by atoms with Crippen molar-refractivity contribution in [3.05, 3.63) is 11.8 Å². The summed E-state index contributed by atoms with van der Waals surface area (Å²) in [7, 11) is 0. The third-order valence-corrected chi connectivity index (χ3v) is 1.86. The van der Waals surface area contributed by atoms with Crippen molar-refractivity contribution in [1.82, 2.24) is 0 Å². The lowest BCUT2D eigenvalue weighted by Gasteiger charge is -2.06. The van der Waals surface area contributed by atoms with Gasteiger partial charge in [0.1, 0.15) is 13.2 Å². The predicted octanol–water partition coefficient (Wildman–Crippen LogP) is -0.532. The Morgan fingerprint density at radius 3 is 2.16 bits per heavy atom. The molecule has 0 saturated carbocycles. The van der Waals surface area contributed by atoms with Crippen molar-refractivity contribution in [1.29, 1.82) is 0 Å². The Morgan fingerprint density at radius 1 is 0.947 bits per heavy atom. The Kier molecular flexibility index (Phi) is 12.5. The number of aliphatic hydroxyl groups is 2. The van der Waals surface area contributed by atoms with Crippen LogP contribution in [0.3, 0.4) is 0 Å². The summed E-state index contributed by atoms with van der Waals surface area (Å²) in [6.07, 6.45) is 1.30. The molecule has 112 valence electrons. The summed E-state index contributed by atoms with van der Waals surface area (Å²) in [5, 5.41) is 16.9. The van der Waals surface area contributed by atoms with Crippen LogP contribution in [0.15, 0.2) is 11.8 Å². The highest BCUT2D eigenvalue weighted by molar-refractivity contribution is 5.87. The number of esters is 1. The fourth-order valence-electron chi connectivity index (χ4n) is 0.978. The highest BCUT2D eigenvalue weighted by Crippen LogP contribution is 1.97. The van der Waals surface area contributed by atoms with Crippen LogP contribution in [0.5, 0.6) is 0 Å². The Balaban J connectivity index is 3.43. The van der Waals surface area contributed by atoms with Gasteiger partial charge in [0.25, 0.3) is 0 Å². The molecule has 0 heterocycles. The first-order valence-electron chi connectivity index (χ1n) is 6.05. The van der Waals surface area contributed by atoms with Gasteiger partial charge in [-0.25, -0.2) is 4.79 Å². The molecule has 0 radical (unpaired) electrons. The summed E-state index contributed by atoms with van der Waals surface area (Å²) in [6, 6.07) is 0. The molecule has 0 bridgehead atoms. The van der Waals surface area contributed by atoms with E-state index >= 15 is 0 Å². The molecule has 0 amide bonds. The first-order valence-corrected chi connectivity index (χ1v) is 6.05. The normalized spacial score (nSPS) is 11.4. The van der Waals surface area contributed by atoms with Crippen molar-refractivity contribution in [2.24, 2.45) is 0 Å². The number of carbonyl (C=O) groups is 1. The second-order valence-electron chi connectivity index (χ2n) is 3.48. The van der Waals surface area contributed by atoms with Gasteiger partial charge in [-0.2, -0.15) is 0 Å². The average molecular weight is 278 g/mol. The molecule has 0 spiro atoms. The van der Waals surface area contributed by atoms with Gasteiger partial charge in [-0.05, 0) is 6.92 Å². The third kappa shape index (κ3) is 11.7. The van der Waals surface area contributed by atoms with Crippen LogP contribution in [0.1, 0.15) is 6.92 Å². The van der Waals surface area contributed by atoms with E-state index in [4.69, 9.17) is 24.4 Å². The van der Waals surface area contributed by atoms with E-state index in [0.717, 1.165) is 0 Å². The lowest BCUT2D eigenvalue weighted by atomic mass is 10.3. The van der Waals surface area contributed by atoms with E-state index in [1.165, 1.54) is 6.26 Å². The predicted molar refractivity (Wildman–Crippen MR) is 66.5 cm³/mol. The molecule has 2 N–H and O–H groups in total. The highest BCUT2D eigenvalue weighted by atomic mass is 16.6. The van der Waals surface area contributed by atoms with E-state index in [-0.39, 0.29) is 19.8 Å². The van der Waals surface area contributed by atoms with Crippen molar-refractivity contribution in [2.75, 3.05) is 52.9 Å². The second kappa shape index (κ2) is 13.3. The SMILES string of the molecule is CC(=COCCOCCOCCO)C(=O)OCCO. The minimum absolute atomic E-state index is 0.000433. The van der Waals surface area contributed by atoms with E-state index in [0.29, 0.717) is 38.6 Å². The van der Waals surface area contributed by atoms with Crippen molar-refractivity contribution in [3.8, 4) is 0 Å². The van der Waals surface area contributed by atoms with E-state index in [1.54, 1.807) is 6.92 Å². The number of aliphatic hydroxyl groups excluding tert-OH is 2.